The van der Waals surface area contributed by atoms with E-state index in [0.717, 1.165) is 17.3 Å². The largest absolute Gasteiger partial charge is 0.309 e. The van der Waals surface area contributed by atoms with Crippen LogP contribution in [0.3, 0.4) is 0 Å². The molecular formula is C11H15Cl2NS. The summed E-state index contributed by atoms with van der Waals surface area (Å²) in [6.45, 7) is 5.32. The zero-order valence-electron chi connectivity index (χ0n) is 8.89. The molecule has 1 fully saturated rings. The Hall–Kier alpha value is 0.240. The molecule has 0 aromatic carbocycles. The molecular weight excluding hydrogens is 249 g/mol. The molecule has 1 aliphatic carbocycles. The fourth-order valence-electron chi connectivity index (χ4n) is 1.90. The summed E-state index contributed by atoms with van der Waals surface area (Å²) in [5.74, 6) is 0. The van der Waals surface area contributed by atoms with Gasteiger partial charge in [0.25, 0.3) is 0 Å². The molecule has 0 saturated heterocycles. The van der Waals surface area contributed by atoms with Crippen molar-refractivity contribution in [3.05, 3.63) is 21.3 Å². The molecule has 1 aromatic heterocycles. The number of rotatable bonds is 3. The Kier molecular flexibility index (Phi) is 3.32. The molecule has 0 spiro atoms. The molecule has 0 bridgehead atoms. The molecule has 0 aliphatic heterocycles. The van der Waals surface area contributed by atoms with Crippen LogP contribution in [0.4, 0.5) is 0 Å². The summed E-state index contributed by atoms with van der Waals surface area (Å²) in [5, 5.41) is 5.94. The molecule has 15 heavy (non-hydrogen) atoms. The monoisotopic (exact) mass is 263 g/mol. The van der Waals surface area contributed by atoms with E-state index in [1.807, 2.05) is 6.07 Å². The maximum Gasteiger partial charge on any atom is 0.0931 e. The molecule has 84 valence electrons. The van der Waals surface area contributed by atoms with Gasteiger partial charge in [-0.3, -0.25) is 0 Å². The highest BCUT2D eigenvalue weighted by Gasteiger charge is 2.46. The van der Waals surface area contributed by atoms with Crippen LogP contribution < -0.4 is 5.32 Å². The molecule has 1 saturated carbocycles. The number of hydrogen-bond acceptors (Lipinski definition) is 2. The first kappa shape index (κ1) is 11.7. The zero-order chi connectivity index (χ0) is 11.1. The first-order valence-electron chi connectivity index (χ1n) is 5.10. The van der Waals surface area contributed by atoms with E-state index in [1.165, 1.54) is 5.56 Å². The van der Waals surface area contributed by atoms with Gasteiger partial charge in [-0.2, -0.15) is 0 Å². The molecule has 1 N–H and O–H groups in total. The molecule has 2 rings (SSSR count). The summed E-state index contributed by atoms with van der Waals surface area (Å²) in [4.78, 5) is 0. The van der Waals surface area contributed by atoms with E-state index >= 15 is 0 Å². The van der Waals surface area contributed by atoms with Crippen LogP contribution in [0.25, 0.3) is 0 Å². The van der Waals surface area contributed by atoms with Gasteiger partial charge in [0.05, 0.1) is 4.34 Å². The number of thiophene rings is 1. The fraction of sp³-hybridized carbons (Fsp3) is 0.636. The van der Waals surface area contributed by atoms with Crippen LogP contribution >= 0.6 is 34.5 Å². The lowest BCUT2D eigenvalue weighted by Crippen LogP contribution is -2.57. The topological polar surface area (TPSA) is 12.0 Å². The Morgan fingerprint density at radius 3 is 2.80 bits per heavy atom. The van der Waals surface area contributed by atoms with Crippen LogP contribution in [-0.4, -0.2) is 11.4 Å². The number of halogens is 2. The molecule has 1 heterocycles. The van der Waals surface area contributed by atoms with E-state index < -0.39 is 0 Å². The van der Waals surface area contributed by atoms with Crippen molar-refractivity contribution in [3.63, 3.8) is 0 Å². The molecule has 2 unspecified atom stereocenters. The van der Waals surface area contributed by atoms with E-state index in [2.05, 4.69) is 24.5 Å². The van der Waals surface area contributed by atoms with Crippen LogP contribution in [0.15, 0.2) is 11.4 Å². The summed E-state index contributed by atoms with van der Waals surface area (Å²) < 4.78 is 0.856. The van der Waals surface area contributed by atoms with Gasteiger partial charge in [-0.15, -0.1) is 22.9 Å². The Morgan fingerprint density at radius 2 is 2.33 bits per heavy atom. The van der Waals surface area contributed by atoms with Gasteiger partial charge >= 0.3 is 0 Å². The molecule has 0 amide bonds. The zero-order valence-corrected chi connectivity index (χ0v) is 11.2. The quantitative estimate of drug-likeness (QED) is 0.816. The van der Waals surface area contributed by atoms with E-state index in [9.17, 15) is 0 Å². The van der Waals surface area contributed by atoms with Crippen molar-refractivity contribution < 1.29 is 0 Å². The van der Waals surface area contributed by atoms with Crippen molar-refractivity contribution in [2.75, 3.05) is 0 Å². The number of nitrogens with one attached hydrogen (secondary N) is 1. The summed E-state index contributed by atoms with van der Waals surface area (Å²) in [7, 11) is 0. The average molecular weight is 264 g/mol. The van der Waals surface area contributed by atoms with Gasteiger partial charge in [-0.05, 0) is 28.8 Å². The second-order valence-electron chi connectivity index (χ2n) is 4.72. The Labute approximate surface area is 105 Å². The minimum absolute atomic E-state index is 0.210. The van der Waals surface area contributed by atoms with Crippen LogP contribution in [0.2, 0.25) is 4.34 Å². The number of hydrogen-bond donors (Lipinski definition) is 1. The first-order valence-corrected chi connectivity index (χ1v) is 6.80. The lowest BCUT2D eigenvalue weighted by molar-refractivity contribution is 0.115. The van der Waals surface area contributed by atoms with Crippen molar-refractivity contribution in [3.8, 4) is 0 Å². The fourth-order valence-corrected chi connectivity index (χ4v) is 3.14. The molecule has 1 nitrogen and oxygen atoms in total. The minimum Gasteiger partial charge on any atom is -0.309 e. The SMILES string of the molecule is CC1(C)C(Cl)CC1NCc1csc(Cl)c1. The van der Waals surface area contributed by atoms with Crippen molar-refractivity contribution in [2.45, 2.75) is 38.2 Å². The van der Waals surface area contributed by atoms with Gasteiger partial charge in [0.1, 0.15) is 0 Å². The third-order valence-corrected chi connectivity index (χ3v) is 5.20. The minimum atomic E-state index is 0.210. The van der Waals surface area contributed by atoms with E-state index in [1.54, 1.807) is 11.3 Å². The van der Waals surface area contributed by atoms with Crippen molar-refractivity contribution in [2.24, 2.45) is 5.41 Å². The van der Waals surface area contributed by atoms with Crippen LogP contribution in [-0.2, 0) is 6.54 Å². The predicted octanol–water partition coefficient (Wildman–Crippen LogP) is 3.90. The van der Waals surface area contributed by atoms with Gasteiger partial charge in [-0.1, -0.05) is 25.4 Å². The molecule has 1 aliphatic rings. The summed E-state index contributed by atoms with van der Waals surface area (Å²) >= 11 is 13.6. The normalized spacial score (nSPS) is 28.8. The molecule has 1 aromatic rings. The Morgan fingerprint density at radius 1 is 1.60 bits per heavy atom. The van der Waals surface area contributed by atoms with Crippen molar-refractivity contribution >= 4 is 34.5 Å². The Bertz CT molecular complexity index is 348. The highest BCUT2D eigenvalue weighted by Crippen LogP contribution is 2.44. The highest BCUT2D eigenvalue weighted by molar-refractivity contribution is 7.14. The smallest absolute Gasteiger partial charge is 0.0931 e. The average Bonchev–Trinajstić information content (AvgIpc) is 2.58. The van der Waals surface area contributed by atoms with E-state index in [0.29, 0.717) is 11.4 Å². The van der Waals surface area contributed by atoms with Gasteiger partial charge in [0, 0.05) is 18.0 Å². The molecule has 0 radical (unpaired) electrons. The van der Waals surface area contributed by atoms with Crippen LogP contribution in [0.1, 0.15) is 25.8 Å². The van der Waals surface area contributed by atoms with Crippen LogP contribution in [0, 0.1) is 5.41 Å². The summed E-state index contributed by atoms with van der Waals surface area (Å²) in [6, 6.07) is 2.54. The van der Waals surface area contributed by atoms with Gasteiger partial charge in [0.15, 0.2) is 0 Å². The van der Waals surface area contributed by atoms with E-state index in [4.69, 9.17) is 23.2 Å². The lowest BCUT2D eigenvalue weighted by atomic mass is 9.67. The van der Waals surface area contributed by atoms with E-state index in [-0.39, 0.29) is 5.41 Å². The predicted molar refractivity (Wildman–Crippen MR) is 68.0 cm³/mol. The molecule has 2 atom stereocenters. The third kappa shape index (κ3) is 2.33. The molecule has 4 heteroatoms. The lowest BCUT2D eigenvalue weighted by Gasteiger charge is -2.49. The number of alkyl halides is 1. The van der Waals surface area contributed by atoms with Crippen molar-refractivity contribution in [1.29, 1.82) is 0 Å². The second kappa shape index (κ2) is 4.25. The summed E-state index contributed by atoms with van der Waals surface area (Å²) in [6.07, 6.45) is 1.06. The van der Waals surface area contributed by atoms with Crippen molar-refractivity contribution in [1.82, 2.24) is 5.32 Å². The van der Waals surface area contributed by atoms with Gasteiger partial charge in [-0.25, -0.2) is 0 Å². The van der Waals surface area contributed by atoms with Crippen LogP contribution in [0.5, 0.6) is 0 Å². The first-order chi connectivity index (χ1) is 7.00. The maximum absolute atomic E-state index is 6.16. The van der Waals surface area contributed by atoms with Gasteiger partial charge in [0.2, 0.25) is 0 Å². The highest BCUT2D eigenvalue weighted by atomic mass is 35.5. The second-order valence-corrected chi connectivity index (χ2v) is 6.79. The third-order valence-electron chi connectivity index (χ3n) is 3.32. The standard InChI is InChI=1S/C11H15Cl2NS/c1-11(2)8(12)4-9(11)14-5-7-3-10(13)15-6-7/h3,6,8-9,14H,4-5H2,1-2H3. The summed E-state index contributed by atoms with van der Waals surface area (Å²) in [5.41, 5.74) is 1.47. The maximum atomic E-state index is 6.16. The Balaban J connectivity index is 1.85. The van der Waals surface area contributed by atoms with Gasteiger partial charge < -0.3 is 5.32 Å².